The van der Waals surface area contributed by atoms with Crippen molar-refractivity contribution in [3.8, 4) is 11.3 Å². The summed E-state index contributed by atoms with van der Waals surface area (Å²) in [6.45, 7) is 1.96. The fraction of sp³-hybridized carbons (Fsp3) is 0.150. The van der Waals surface area contributed by atoms with E-state index in [1.807, 2.05) is 61.5 Å². The molecule has 0 aliphatic heterocycles. The van der Waals surface area contributed by atoms with Crippen molar-refractivity contribution in [3.05, 3.63) is 82.9 Å². The highest BCUT2D eigenvalue weighted by atomic mass is 16.2. The van der Waals surface area contributed by atoms with E-state index in [-0.39, 0.29) is 18.0 Å². The van der Waals surface area contributed by atoms with Gasteiger partial charge in [0.05, 0.1) is 12.0 Å². The average molecular weight is 333 g/mol. The number of amides is 1. The number of aryl methyl sites for hydroxylation is 1. The lowest BCUT2D eigenvalue weighted by molar-refractivity contribution is -0.116. The van der Waals surface area contributed by atoms with Gasteiger partial charge in [-0.1, -0.05) is 55.5 Å². The van der Waals surface area contributed by atoms with Crippen molar-refractivity contribution >= 4 is 11.6 Å². The zero-order chi connectivity index (χ0) is 17.6. The van der Waals surface area contributed by atoms with E-state index in [9.17, 15) is 9.59 Å². The van der Waals surface area contributed by atoms with Crippen molar-refractivity contribution in [2.24, 2.45) is 0 Å². The Kier molecular flexibility index (Phi) is 5.04. The van der Waals surface area contributed by atoms with Crippen LogP contribution < -0.4 is 10.9 Å². The van der Waals surface area contributed by atoms with Gasteiger partial charge < -0.3 is 5.32 Å². The average Bonchev–Trinajstić information content (AvgIpc) is 2.64. The van der Waals surface area contributed by atoms with Gasteiger partial charge in [-0.3, -0.25) is 14.2 Å². The van der Waals surface area contributed by atoms with Crippen LogP contribution in [0, 0.1) is 0 Å². The summed E-state index contributed by atoms with van der Waals surface area (Å²) in [5.41, 5.74) is 3.04. The number of anilines is 1. The summed E-state index contributed by atoms with van der Waals surface area (Å²) in [6, 6.07) is 18.5. The third-order valence-electron chi connectivity index (χ3n) is 3.94. The second kappa shape index (κ2) is 7.57. The molecular formula is C20H19N3O2. The number of nitrogens with zero attached hydrogens (tertiary/aromatic N) is 2. The summed E-state index contributed by atoms with van der Waals surface area (Å²) in [5, 5.41) is 2.86. The molecule has 1 amide bonds. The van der Waals surface area contributed by atoms with E-state index in [1.165, 1.54) is 17.0 Å². The van der Waals surface area contributed by atoms with Gasteiger partial charge >= 0.3 is 0 Å². The van der Waals surface area contributed by atoms with Gasteiger partial charge in [-0.25, -0.2) is 4.98 Å². The van der Waals surface area contributed by atoms with E-state index in [4.69, 9.17) is 0 Å². The molecule has 3 rings (SSSR count). The van der Waals surface area contributed by atoms with E-state index in [0.717, 1.165) is 23.2 Å². The number of benzene rings is 2. The maximum atomic E-state index is 12.3. The Morgan fingerprint density at radius 1 is 1.08 bits per heavy atom. The standard InChI is InChI=1S/C20H19N3O2/c1-2-15-8-6-7-11-17(15)22-19(24)13-23-14-21-18(12-20(23)25)16-9-4-3-5-10-16/h3-12,14H,2,13H2,1H3,(H,22,24). The van der Waals surface area contributed by atoms with Crippen LogP contribution in [0.5, 0.6) is 0 Å². The van der Waals surface area contributed by atoms with Crippen LogP contribution in [0.4, 0.5) is 5.69 Å². The van der Waals surface area contributed by atoms with Crippen molar-refractivity contribution in [1.82, 2.24) is 9.55 Å². The van der Waals surface area contributed by atoms with E-state index in [1.54, 1.807) is 0 Å². The molecular weight excluding hydrogens is 314 g/mol. The monoisotopic (exact) mass is 333 g/mol. The molecule has 0 saturated carbocycles. The molecule has 0 aliphatic rings. The van der Waals surface area contributed by atoms with Gasteiger partial charge in [-0.2, -0.15) is 0 Å². The number of hydrogen-bond donors (Lipinski definition) is 1. The van der Waals surface area contributed by atoms with Gasteiger partial charge in [0.15, 0.2) is 0 Å². The Bertz CT molecular complexity index is 933. The number of hydrogen-bond acceptors (Lipinski definition) is 3. The van der Waals surface area contributed by atoms with Gasteiger partial charge in [0.25, 0.3) is 5.56 Å². The van der Waals surface area contributed by atoms with Gasteiger partial charge in [0.2, 0.25) is 5.91 Å². The molecule has 0 unspecified atom stereocenters. The first-order chi connectivity index (χ1) is 12.2. The third-order valence-corrected chi connectivity index (χ3v) is 3.94. The summed E-state index contributed by atoms with van der Waals surface area (Å²) in [5.74, 6) is -0.253. The highest BCUT2D eigenvalue weighted by Crippen LogP contribution is 2.16. The molecule has 1 heterocycles. The van der Waals surface area contributed by atoms with Crippen LogP contribution in [0.3, 0.4) is 0 Å². The Morgan fingerprint density at radius 3 is 2.52 bits per heavy atom. The molecule has 0 aliphatic carbocycles. The van der Waals surface area contributed by atoms with Crippen molar-refractivity contribution in [2.45, 2.75) is 19.9 Å². The molecule has 1 N–H and O–H groups in total. The summed E-state index contributed by atoms with van der Waals surface area (Å²) in [4.78, 5) is 28.8. The second-order valence-electron chi connectivity index (χ2n) is 5.67. The van der Waals surface area contributed by atoms with Crippen molar-refractivity contribution in [1.29, 1.82) is 0 Å². The molecule has 1 aromatic heterocycles. The predicted octanol–water partition coefficient (Wildman–Crippen LogP) is 3.11. The first-order valence-corrected chi connectivity index (χ1v) is 8.17. The highest BCUT2D eigenvalue weighted by Gasteiger charge is 2.09. The first-order valence-electron chi connectivity index (χ1n) is 8.17. The number of carbonyl (C=O) groups excluding carboxylic acids is 1. The minimum Gasteiger partial charge on any atom is -0.324 e. The smallest absolute Gasteiger partial charge is 0.254 e. The fourth-order valence-corrected chi connectivity index (χ4v) is 2.61. The van der Waals surface area contributed by atoms with Gasteiger partial charge in [-0.05, 0) is 18.1 Å². The van der Waals surface area contributed by atoms with E-state index >= 15 is 0 Å². The summed E-state index contributed by atoms with van der Waals surface area (Å²) >= 11 is 0. The topological polar surface area (TPSA) is 64.0 Å². The SMILES string of the molecule is CCc1ccccc1NC(=O)Cn1cnc(-c2ccccc2)cc1=O. The zero-order valence-electron chi connectivity index (χ0n) is 14.0. The summed E-state index contributed by atoms with van der Waals surface area (Å²) in [6.07, 6.45) is 2.24. The van der Waals surface area contributed by atoms with E-state index < -0.39 is 0 Å². The zero-order valence-corrected chi connectivity index (χ0v) is 14.0. The molecule has 25 heavy (non-hydrogen) atoms. The maximum absolute atomic E-state index is 12.3. The van der Waals surface area contributed by atoms with Crippen molar-refractivity contribution in [2.75, 3.05) is 5.32 Å². The summed E-state index contributed by atoms with van der Waals surface area (Å²) in [7, 11) is 0. The van der Waals surface area contributed by atoms with Crippen molar-refractivity contribution < 1.29 is 4.79 Å². The van der Waals surface area contributed by atoms with Crippen molar-refractivity contribution in [3.63, 3.8) is 0 Å². The maximum Gasteiger partial charge on any atom is 0.254 e. The Morgan fingerprint density at radius 2 is 1.80 bits per heavy atom. The lowest BCUT2D eigenvalue weighted by Crippen LogP contribution is -2.27. The second-order valence-corrected chi connectivity index (χ2v) is 5.67. The molecule has 0 radical (unpaired) electrons. The molecule has 0 fully saturated rings. The molecule has 0 saturated heterocycles. The molecule has 3 aromatic rings. The van der Waals surface area contributed by atoms with Crippen LogP contribution in [-0.2, 0) is 17.8 Å². The number of para-hydroxylation sites is 1. The van der Waals surface area contributed by atoms with E-state index in [0.29, 0.717) is 5.69 Å². The molecule has 2 aromatic carbocycles. The molecule has 5 heteroatoms. The predicted molar refractivity (Wildman–Crippen MR) is 98.4 cm³/mol. The molecule has 0 bridgehead atoms. The number of nitrogens with one attached hydrogen (secondary N) is 1. The Hall–Kier alpha value is -3.21. The van der Waals surface area contributed by atoms with Gasteiger partial charge in [0, 0.05) is 17.3 Å². The first kappa shape index (κ1) is 16.6. The van der Waals surface area contributed by atoms with Crippen LogP contribution in [0.15, 0.2) is 71.8 Å². The minimum absolute atomic E-state index is 0.0705. The van der Waals surface area contributed by atoms with Gasteiger partial charge in [0.1, 0.15) is 6.54 Å². The van der Waals surface area contributed by atoms with E-state index in [2.05, 4.69) is 10.3 Å². The number of aromatic nitrogens is 2. The van der Waals surface area contributed by atoms with Crippen LogP contribution in [0.25, 0.3) is 11.3 Å². The lowest BCUT2D eigenvalue weighted by atomic mass is 10.1. The molecule has 126 valence electrons. The third kappa shape index (κ3) is 4.01. The van der Waals surface area contributed by atoms with Crippen LogP contribution in [0.1, 0.15) is 12.5 Å². The lowest BCUT2D eigenvalue weighted by Gasteiger charge is -2.11. The van der Waals surface area contributed by atoms with Gasteiger partial charge in [-0.15, -0.1) is 0 Å². The quantitative estimate of drug-likeness (QED) is 0.780. The molecule has 5 nitrogen and oxygen atoms in total. The largest absolute Gasteiger partial charge is 0.324 e. The van der Waals surface area contributed by atoms with Crippen LogP contribution in [0.2, 0.25) is 0 Å². The van der Waals surface area contributed by atoms with Crippen LogP contribution in [-0.4, -0.2) is 15.5 Å². The Balaban J connectivity index is 1.75. The highest BCUT2D eigenvalue weighted by molar-refractivity contribution is 5.91. The summed E-state index contributed by atoms with van der Waals surface area (Å²) < 4.78 is 1.30. The number of rotatable bonds is 5. The fourth-order valence-electron chi connectivity index (χ4n) is 2.61. The molecule has 0 spiro atoms. The normalized spacial score (nSPS) is 10.4. The minimum atomic E-state index is -0.257. The molecule has 0 atom stereocenters. The Labute approximate surface area is 146 Å². The number of carbonyl (C=O) groups is 1. The van der Waals surface area contributed by atoms with Crippen LogP contribution >= 0.6 is 0 Å².